The van der Waals surface area contributed by atoms with Crippen molar-refractivity contribution < 1.29 is 16.3 Å². The fourth-order valence-electron chi connectivity index (χ4n) is 1.71. The number of benzene rings is 2. The van der Waals surface area contributed by atoms with Gasteiger partial charge in [-0.2, -0.15) is 0 Å². The molecule has 0 saturated carbocycles. The van der Waals surface area contributed by atoms with E-state index in [0.717, 1.165) is 5.56 Å². The van der Waals surface area contributed by atoms with Crippen molar-refractivity contribution in [3.63, 3.8) is 0 Å². The van der Waals surface area contributed by atoms with Gasteiger partial charge in [-0.25, -0.2) is 0 Å². The molecule has 2 aromatic rings. The normalized spacial score (nSPS) is 14.8. The molecule has 0 aliphatic rings. The Morgan fingerprint density at radius 2 is 1.90 bits per heavy atom. The molecule has 0 amide bonds. The van der Waals surface area contributed by atoms with Gasteiger partial charge >= 0.3 is 0 Å². The molecule has 0 atom stereocenters. The van der Waals surface area contributed by atoms with Gasteiger partial charge in [0.15, 0.2) is 11.5 Å². The molecule has 2 rings (SSSR count). The van der Waals surface area contributed by atoms with Crippen LogP contribution < -0.4 is 15.2 Å². The van der Waals surface area contributed by atoms with Crippen LogP contribution in [0.15, 0.2) is 48.5 Å². The molecular formula is C16H20ClNO2. The fourth-order valence-corrected chi connectivity index (χ4v) is 1.71. The Kier molecular flexibility index (Phi) is 4.26. The summed E-state index contributed by atoms with van der Waals surface area (Å²) < 4.78 is 47.3. The SMILES string of the molecule is Cl.[2H]C([2H])(N)Cc1ccc(OCc2ccccc2)c(OC([2H])([2H])[2H])c1. The summed E-state index contributed by atoms with van der Waals surface area (Å²) >= 11 is 0. The van der Waals surface area contributed by atoms with Crippen molar-refractivity contribution in [2.45, 2.75) is 13.0 Å². The lowest BCUT2D eigenvalue weighted by Crippen LogP contribution is -2.03. The van der Waals surface area contributed by atoms with E-state index in [1.807, 2.05) is 30.3 Å². The third-order valence-electron chi connectivity index (χ3n) is 2.66. The van der Waals surface area contributed by atoms with Crippen LogP contribution in [-0.2, 0) is 13.0 Å². The summed E-state index contributed by atoms with van der Waals surface area (Å²) in [5.41, 5.74) is 6.82. The molecule has 20 heavy (non-hydrogen) atoms. The van der Waals surface area contributed by atoms with Gasteiger partial charge < -0.3 is 15.2 Å². The molecule has 0 radical (unpaired) electrons. The summed E-state index contributed by atoms with van der Waals surface area (Å²) in [6.07, 6.45) is -0.0661. The van der Waals surface area contributed by atoms with E-state index >= 15 is 0 Å². The average Bonchev–Trinajstić information content (AvgIpc) is 2.44. The minimum absolute atomic E-state index is 0. The molecule has 0 heterocycles. The van der Waals surface area contributed by atoms with Gasteiger partial charge in [-0.1, -0.05) is 36.4 Å². The molecule has 3 nitrogen and oxygen atoms in total. The predicted octanol–water partition coefficient (Wildman–Crippen LogP) is 3.20. The maximum Gasteiger partial charge on any atom is 0.161 e. The van der Waals surface area contributed by atoms with Crippen LogP contribution in [0.1, 0.15) is 18.0 Å². The molecule has 0 spiro atoms. The molecule has 0 aliphatic carbocycles. The average molecular weight is 299 g/mol. The molecule has 0 aromatic heterocycles. The molecule has 108 valence electrons. The summed E-state index contributed by atoms with van der Waals surface area (Å²) in [7, 11) is -2.63. The van der Waals surface area contributed by atoms with Gasteiger partial charge in [0.25, 0.3) is 0 Å². The molecule has 0 unspecified atom stereocenters. The Balaban J connectivity index is 0.00000312. The molecular weight excluding hydrogens is 274 g/mol. The number of nitrogens with two attached hydrogens (primary N) is 1. The van der Waals surface area contributed by atoms with Gasteiger partial charge in [-0.15, -0.1) is 12.4 Å². The van der Waals surface area contributed by atoms with Gasteiger partial charge in [-0.3, -0.25) is 0 Å². The van der Waals surface area contributed by atoms with E-state index in [1.54, 1.807) is 12.1 Å². The number of hydrogen-bond acceptors (Lipinski definition) is 3. The Bertz CT molecular complexity index is 674. The minimum Gasteiger partial charge on any atom is -0.493 e. The van der Waals surface area contributed by atoms with E-state index in [4.69, 9.17) is 22.1 Å². The van der Waals surface area contributed by atoms with Crippen molar-refractivity contribution in [1.29, 1.82) is 0 Å². The molecule has 0 aliphatic heterocycles. The van der Waals surface area contributed by atoms with E-state index < -0.39 is 13.5 Å². The first-order valence-corrected chi connectivity index (χ1v) is 5.90. The van der Waals surface area contributed by atoms with E-state index in [1.165, 1.54) is 6.07 Å². The maximum absolute atomic E-state index is 7.43. The highest BCUT2D eigenvalue weighted by molar-refractivity contribution is 5.85. The quantitative estimate of drug-likeness (QED) is 0.891. The van der Waals surface area contributed by atoms with E-state index in [9.17, 15) is 0 Å². The van der Waals surface area contributed by atoms with Gasteiger partial charge in [0.1, 0.15) is 6.61 Å². The first-order chi connectivity index (χ1) is 11.1. The van der Waals surface area contributed by atoms with Crippen LogP contribution in [-0.4, -0.2) is 13.5 Å². The van der Waals surface area contributed by atoms with E-state index in [2.05, 4.69) is 0 Å². The minimum atomic E-state index is -2.63. The second-order valence-electron chi connectivity index (χ2n) is 4.04. The zero-order valence-corrected chi connectivity index (χ0v) is 11.7. The van der Waals surface area contributed by atoms with Gasteiger partial charge in [0.2, 0.25) is 0 Å². The smallest absolute Gasteiger partial charge is 0.161 e. The lowest BCUT2D eigenvalue weighted by molar-refractivity contribution is 0.284. The topological polar surface area (TPSA) is 44.5 Å². The highest BCUT2D eigenvalue weighted by Crippen LogP contribution is 2.28. The number of rotatable bonds is 6. The third kappa shape index (κ3) is 4.44. The fraction of sp³-hybridized carbons (Fsp3) is 0.250. The Labute approximate surface area is 133 Å². The van der Waals surface area contributed by atoms with Crippen molar-refractivity contribution >= 4 is 12.4 Å². The highest BCUT2D eigenvalue weighted by atomic mass is 35.5. The largest absolute Gasteiger partial charge is 0.493 e. The second-order valence-corrected chi connectivity index (χ2v) is 4.04. The third-order valence-corrected chi connectivity index (χ3v) is 2.66. The van der Waals surface area contributed by atoms with Crippen molar-refractivity contribution in [2.24, 2.45) is 5.73 Å². The highest BCUT2D eigenvalue weighted by Gasteiger charge is 2.05. The number of ether oxygens (including phenoxy) is 2. The van der Waals surface area contributed by atoms with Crippen LogP contribution in [0.5, 0.6) is 11.5 Å². The lowest BCUT2D eigenvalue weighted by atomic mass is 10.1. The van der Waals surface area contributed by atoms with Crippen molar-refractivity contribution in [2.75, 3.05) is 13.5 Å². The molecule has 0 bridgehead atoms. The monoisotopic (exact) mass is 298 g/mol. The zero-order chi connectivity index (χ0) is 17.8. The van der Waals surface area contributed by atoms with E-state index in [0.29, 0.717) is 5.56 Å². The Morgan fingerprint density at radius 3 is 2.60 bits per heavy atom. The number of hydrogen-bond donors (Lipinski definition) is 1. The zero-order valence-electron chi connectivity index (χ0n) is 15.8. The van der Waals surface area contributed by atoms with Crippen molar-refractivity contribution in [1.82, 2.24) is 0 Å². The second kappa shape index (κ2) is 8.46. The molecule has 2 aromatic carbocycles. The van der Waals surface area contributed by atoms with E-state index in [-0.39, 0.29) is 36.9 Å². The predicted molar refractivity (Wildman–Crippen MR) is 83.8 cm³/mol. The Morgan fingerprint density at radius 1 is 1.10 bits per heavy atom. The molecule has 4 heteroatoms. The summed E-state index contributed by atoms with van der Waals surface area (Å²) in [6, 6.07) is 14.1. The van der Waals surface area contributed by atoms with Gasteiger partial charge in [0.05, 0.1) is 11.2 Å². The van der Waals surface area contributed by atoms with Crippen LogP contribution in [0.25, 0.3) is 0 Å². The van der Waals surface area contributed by atoms with Crippen LogP contribution in [0.3, 0.4) is 0 Å². The molecule has 0 saturated heterocycles. The first kappa shape index (κ1) is 10.1. The van der Waals surface area contributed by atoms with Crippen LogP contribution in [0, 0.1) is 0 Å². The standard InChI is InChI=1S/C16H19NO2.ClH/c1-18-16-11-13(9-10-17)7-8-15(16)19-12-14-5-3-2-4-6-14;/h2-8,11H,9-10,12,17H2,1H3;1H/i1D3,10D2;. The summed E-state index contributed by atoms with van der Waals surface area (Å²) in [6.45, 7) is -1.64. The molecule has 0 fully saturated rings. The number of halogens is 1. The number of aryl methyl sites for hydroxylation is 1. The summed E-state index contributed by atoms with van der Waals surface area (Å²) in [4.78, 5) is 0. The van der Waals surface area contributed by atoms with Crippen LogP contribution in [0.2, 0.25) is 0 Å². The van der Waals surface area contributed by atoms with Crippen LogP contribution >= 0.6 is 12.4 Å². The van der Waals surface area contributed by atoms with Gasteiger partial charge in [0, 0.05) is 2.74 Å². The Hall–Kier alpha value is -1.71. The van der Waals surface area contributed by atoms with Gasteiger partial charge in [-0.05, 0) is 36.2 Å². The van der Waals surface area contributed by atoms with Crippen molar-refractivity contribution in [3.05, 3.63) is 59.7 Å². The van der Waals surface area contributed by atoms with Crippen LogP contribution in [0.4, 0.5) is 0 Å². The maximum atomic E-state index is 7.43. The number of methoxy groups -OCH3 is 1. The summed E-state index contributed by atoms with van der Waals surface area (Å²) in [5, 5.41) is 0. The molecule has 2 N–H and O–H groups in total. The first-order valence-electron chi connectivity index (χ1n) is 8.40. The van der Waals surface area contributed by atoms with Crippen molar-refractivity contribution in [3.8, 4) is 11.5 Å². The lowest BCUT2D eigenvalue weighted by Gasteiger charge is -2.12. The summed E-state index contributed by atoms with van der Waals surface area (Å²) in [5.74, 6) is 0.309.